The minimum Gasteiger partial charge on any atom is -0.305 e. The third kappa shape index (κ3) is 3.99. The Morgan fingerprint density at radius 3 is 2.48 bits per heavy atom. The van der Waals surface area contributed by atoms with Gasteiger partial charge in [-0.1, -0.05) is 42.1 Å². The summed E-state index contributed by atoms with van der Waals surface area (Å²) >= 11 is 1.70. The number of nitrogens with zero attached hydrogens (tertiary/aromatic N) is 3. The Balaban J connectivity index is 1.58. The van der Waals surface area contributed by atoms with Gasteiger partial charge in [0.2, 0.25) is 0 Å². The maximum Gasteiger partial charge on any atom is 0.191 e. The molecule has 3 rings (SSSR count). The van der Waals surface area contributed by atoms with E-state index in [1.807, 2.05) is 17.7 Å². The molecule has 0 N–H and O–H groups in total. The van der Waals surface area contributed by atoms with Gasteiger partial charge in [0.15, 0.2) is 11.0 Å². The average molecular weight is 327 g/mol. The van der Waals surface area contributed by atoms with E-state index in [1.54, 1.807) is 23.9 Å². The lowest BCUT2D eigenvalue weighted by molar-refractivity contribution is 0.628. The zero-order valence-corrected chi connectivity index (χ0v) is 13.8. The van der Waals surface area contributed by atoms with E-state index in [1.165, 1.54) is 17.7 Å². The molecule has 0 aliphatic heterocycles. The number of hydrogen-bond acceptors (Lipinski definition) is 3. The second kappa shape index (κ2) is 7.42. The molecular formula is C18H18FN3S. The Labute approximate surface area is 139 Å². The molecule has 23 heavy (non-hydrogen) atoms. The lowest BCUT2D eigenvalue weighted by Crippen LogP contribution is -1.96. The van der Waals surface area contributed by atoms with Crippen LogP contribution >= 0.6 is 11.8 Å². The third-order valence-corrected chi connectivity index (χ3v) is 4.73. The number of benzene rings is 2. The Kier molecular flexibility index (Phi) is 5.08. The summed E-state index contributed by atoms with van der Waals surface area (Å²) in [6, 6.07) is 16.8. The molecule has 0 fully saturated rings. The van der Waals surface area contributed by atoms with Crippen LogP contribution in [-0.4, -0.2) is 20.5 Å². The van der Waals surface area contributed by atoms with Gasteiger partial charge in [-0.2, -0.15) is 0 Å². The van der Waals surface area contributed by atoms with Gasteiger partial charge in [0.05, 0.1) is 0 Å². The molecule has 0 amide bonds. The predicted molar refractivity (Wildman–Crippen MR) is 91.9 cm³/mol. The van der Waals surface area contributed by atoms with Crippen LogP contribution in [-0.2, 0) is 13.5 Å². The second-order valence-corrected chi connectivity index (χ2v) is 6.37. The van der Waals surface area contributed by atoms with E-state index < -0.39 is 0 Å². The zero-order valence-electron chi connectivity index (χ0n) is 12.9. The van der Waals surface area contributed by atoms with Crippen molar-refractivity contribution in [2.75, 3.05) is 5.75 Å². The first-order chi connectivity index (χ1) is 11.2. The average Bonchev–Trinajstić information content (AvgIpc) is 2.94. The third-order valence-electron chi connectivity index (χ3n) is 3.62. The highest BCUT2D eigenvalue weighted by Crippen LogP contribution is 2.23. The maximum atomic E-state index is 13.0. The van der Waals surface area contributed by atoms with Crippen LogP contribution in [0.1, 0.15) is 12.0 Å². The van der Waals surface area contributed by atoms with Crippen molar-refractivity contribution in [2.24, 2.45) is 7.05 Å². The van der Waals surface area contributed by atoms with Crippen LogP contribution < -0.4 is 0 Å². The summed E-state index contributed by atoms with van der Waals surface area (Å²) in [7, 11) is 1.94. The van der Waals surface area contributed by atoms with Gasteiger partial charge < -0.3 is 4.57 Å². The van der Waals surface area contributed by atoms with E-state index in [-0.39, 0.29) is 5.82 Å². The van der Waals surface area contributed by atoms with E-state index in [2.05, 4.69) is 34.5 Å². The van der Waals surface area contributed by atoms with Gasteiger partial charge in [-0.3, -0.25) is 0 Å². The maximum absolute atomic E-state index is 13.0. The largest absolute Gasteiger partial charge is 0.305 e. The SMILES string of the molecule is Cn1c(SCCCc2ccccc2)nnc1-c1ccc(F)cc1. The van der Waals surface area contributed by atoms with Crippen molar-refractivity contribution in [1.82, 2.24) is 14.8 Å². The molecule has 1 heterocycles. The van der Waals surface area contributed by atoms with E-state index in [4.69, 9.17) is 0 Å². The fourth-order valence-electron chi connectivity index (χ4n) is 2.38. The lowest BCUT2D eigenvalue weighted by Gasteiger charge is -2.04. The van der Waals surface area contributed by atoms with Crippen LogP contribution in [0.4, 0.5) is 4.39 Å². The standard InChI is InChI=1S/C18H18FN3S/c1-22-17(15-9-11-16(19)12-10-15)20-21-18(22)23-13-5-8-14-6-3-2-4-7-14/h2-4,6-7,9-12H,5,8,13H2,1H3. The first kappa shape index (κ1) is 15.7. The first-order valence-corrected chi connectivity index (χ1v) is 8.54. The molecule has 1 aromatic heterocycles. The first-order valence-electron chi connectivity index (χ1n) is 7.56. The number of rotatable bonds is 6. The quantitative estimate of drug-likeness (QED) is 0.498. The van der Waals surface area contributed by atoms with Crippen molar-refractivity contribution in [3.05, 3.63) is 66.0 Å². The molecule has 0 atom stereocenters. The molecule has 0 aliphatic carbocycles. The summed E-state index contributed by atoms with van der Waals surface area (Å²) in [4.78, 5) is 0. The Bertz CT molecular complexity index is 754. The predicted octanol–water partition coefficient (Wildman–Crippen LogP) is 4.35. The molecule has 0 unspecified atom stereocenters. The molecule has 0 saturated heterocycles. The van der Waals surface area contributed by atoms with E-state index >= 15 is 0 Å². The van der Waals surface area contributed by atoms with Gasteiger partial charge in [-0.15, -0.1) is 10.2 Å². The van der Waals surface area contributed by atoms with Crippen molar-refractivity contribution in [3.8, 4) is 11.4 Å². The topological polar surface area (TPSA) is 30.7 Å². The van der Waals surface area contributed by atoms with E-state index in [9.17, 15) is 4.39 Å². The molecular weight excluding hydrogens is 309 g/mol. The summed E-state index contributed by atoms with van der Waals surface area (Å²) in [6.07, 6.45) is 2.16. The summed E-state index contributed by atoms with van der Waals surface area (Å²) in [5, 5.41) is 9.35. The van der Waals surface area contributed by atoms with Gasteiger partial charge in [0.1, 0.15) is 5.82 Å². The van der Waals surface area contributed by atoms with Crippen LogP contribution in [0, 0.1) is 5.82 Å². The minimum absolute atomic E-state index is 0.244. The molecule has 0 bridgehead atoms. The summed E-state index contributed by atoms with van der Waals surface area (Å²) in [6.45, 7) is 0. The van der Waals surface area contributed by atoms with Crippen molar-refractivity contribution in [1.29, 1.82) is 0 Å². The molecule has 5 heteroatoms. The van der Waals surface area contributed by atoms with Gasteiger partial charge in [0.25, 0.3) is 0 Å². The van der Waals surface area contributed by atoms with Crippen molar-refractivity contribution in [3.63, 3.8) is 0 Å². The number of aryl methyl sites for hydroxylation is 1. The van der Waals surface area contributed by atoms with Crippen LogP contribution in [0.15, 0.2) is 59.8 Å². The molecule has 3 nitrogen and oxygen atoms in total. The Hall–Kier alpha value is -2.14. The number of halogens is 1. The highest BCUT2D eigenvalue weighted by Gasteiger charge is 2.11. The molecule has 0 saturated carbocycles. The molecule has 0 aliphatic rings. The number of hydrogen-bond donors (Lipinski definition) is 0. The fraction of sp³-hybridized carbons (Fsp3) is 0.222. The summed E-state index contributed by atoms with van der Waals surface area (Å²) < 4.78 is 15.0. The second-order valence-electron chi connectivity index (χ2n) is 5.31. The lowest BCUT2D eigenvalue weighted by atomic mass is 10.1. The van der Waals surface area contributed by atoms with Crippen LogP contribution in [0.3, 0.4) is 0 Å². The molecule has 3 aromatic rings. The fourth-order valence-corrected chi connectivity index (χ4v) is 3.23. The monoisotopic (exact) mass is 327 g/mol. The molecule has 0 radical (unpaired) electrons. The van der Waals surface area contributed by atoms with Crippen LogP contribution in [0.5, 0.6) is 0 Å². The smallest absolute Gasteiger partial charge is 0.191 e. The van der Waals surface area contributed by atoms with Gasteiger partial charge >= 0.3 is 0 Å². The molecule has 2 aromatic carbocycles. The van der Waals surface area contributed by atoms with Crippen LogP contribution in [0.25, 0.3) is 11.4 Å². The molecule has 0 spiro atoms. The summed E-state index contributed by atoms with van der Waals surface area (Å²) in [5.74, 6) is 1.51. The van der Waals surface area contributed by atoms with E-state index in [0.29, 0.717) is 0 Å². The summed E-state index contributed by atoms with van der Waals surface area (Å²) in [5.41, 5.74) is 2.23. The molecule has 118 valence electrons. The Morgan fingerprint density at radius 2 is 1.74 bits per heavy atom. The highest BCUT2D eigenvalue weighted by atomic mass is 32.2. The van der Waals surface area contributed by atoms with Gasteiger partial charge in [-0.25, -0.2) is 4.39 Å². The number of thioether (sulfide) groups is 1. The zero-order chi connectivity index (χ0) is 16.1. The number of aromatic nitrogens is 3. The Morgan fingerprint density at radius 1 is 1.00 bits per heavy atom. The van der Waals surface area contributed by atoms with Crippen molar-refractivity contribution >= 4 is 11.8 Å². The van der Waals surface area contributed by atoms with Gasteiger partial charge in [-0.05, 0) is 42.7 Å². The minimum atomic E-state index is -0.244. The van der Waals surface area contributed by atoms with Gasteiger partial charge in [0, 0.05) is 18.4 Å². The van der Waals surface area contributed by atoms with Crippen molar-refractivity contribution < 1.29 is 4.39 Å². The highest BCUT2D eigenvalue weighted by molar-refractivity contribution is 7.99. The van der Waals surface area contributed by atoms with Crippen molar-refractivity contribution in [2.45, 2.75) is 18.0 Å². The van der Waals surface area contributed by atoms with Crippen LogP contribution in [0.2, 0.25) is 0 Å². The van der Waals surface area contributed by atoms with E-state index in [0.717, 1.165) is 35.1 Å². The normalized spacial score (nSPS) is 10.9.